The van der Waals surface area contributed by atoms with Gasteiger partial charge in [0, 0.05) is 25.3 Å². The second-order valence-electron chi connectivity index (χ2n) is 9.96. The number of carbonyl (C=O) groups is 4. The lowest BCUT2D eigenvalue weighted by atomic mass is 10.00. The number of hydrogen-bond acceptors (Lipinski definition) is 9. The van der Waals surface area contributed by atoms with E-state index in [1.54, 1.807) is 13.0 Å². The number of nitrogens with one attached hydrogen (secondary N) is 1. The van der Waals surface area contributed by atoms with E-state index in [1.807, 2.05) is 27.7 Å². The van der Waals surface area contributed by atoms with Crippen LogP contribution in [-0.2, 0) is 30.3 Å². The SMILES string of the molecule is CCCCCC(=O)Oc1ccc(C[C@](NC(C)CC)(OC(=O)OCCCC)C(=O)O)cc1OC(=O)CCCCC. The molecular formula is C30H47NO9. The van der Waals surface area contributed by atoms with Gasteiger partial charge in [0.15, 0.2) is 11.5 Å². The van der Waals surface area contributed by atoms with E-state index in [2.05, 4.69) is 5.32 Å². The molecule has 0 aliphatic heterocycles. The van der Waals surface area contributed by atoms with Crippen LogP contribution in [0.2, 0.25) is 0 Å². The Morgan fingerprint density at radius 1 is 0.850 bits per heavy atom. The molecule has 1 rings (SSSR count). The van der Waals surface area contributed by atoms with Gasteiger partial charge in [-0.1, -0.05) is 65.9 Å². The summed E-state index contributed by atoms with van der Waals surface area (Å²) in [6.07, 6.45) is 5.91. The van der Waals surface area contributed by atoms with Crippen LogP contribution in [0.4, 0.5) is 4.79 Å². The maximum atomic E-state index is 12.5. The van der Waals surface area contributed by atoms with Crippen LogP contribution in [0.25, 0.3) is 0 Å². The highest BCUT2D eigenvalue weighted by Crippen LogP contribution is 2.32. The second kappa shape index (κ2) is 19.0. The number of carboxylic acids is 1. The lowest BCUT2D eigenvalue weighted by molar-refractivity contribution is -0.167. The molecular weight excluding hydrogens is 518 g/mol. The van der Waals surface area contributed by atoms with E-state index in [1.165, 1.54) is 12.1 Å². The molecule has 10 heteroatoms. The third kappa shape index (κ3) is 12.8. The molecule has 0 bridgehead atoms. The van der Waals surface area contributed by atoms with Crippen molar-refractivity contribution < 1.29 is 43.2 Å². The number of aliphatic carboxylic acids is 1. The van der Waals surface area contributed by atoms with Crippen LogP contribution in [0.1, 0.15) is 111 Å². The van der Waals surface area contributed by atoms with Crippen LogP contribution >= 0.6 is 0 Å². The first-order valence-corrected chi connectivity index (χ1v) is 14.5. The first kappa shape index (κ1) is 34.9. The van der Waals surface area contributed by atoms with Crippen LogP contribution in [0.5, 0.6) is 11.5 Å². The summed E-state index contributed by atoms with van der Waals surface area (Å²) >= 11 is 0. The molecule has 226 valence electrons. The van der Waals surface area contributed by atoms with E-state index in [-0.39, 0.29) is 43.4 Å². The molecule has 0 radical (unpaired) electrons. The van der Waals surface area contributed by atoms with Crippen molar-refractivity contribution >= 4 is 24.1 Å². The van der Waals surface area contributed by atoms with Gasteiger partial charge in [0.1, 0.15) is 0 Å². The zero-order chi connectivity index (χ0) is 30.0. The van der Waals surface area contributed by atoms with Crippen molar-refractivity contribution in [2.24, 2.45) is 0 Å². The van der Waals surface area contributed by atoms with Crippen molar-refractivity contribution in [1.29, 1.82) is 0 Å². The topological polar surface area (TPSA) is 137 Å². The third-order valence-electron chi connectivity index (χ3n) is 6.29. The highest BCUT2D eigenvalue weighted by atomic mass is 16.7. The van der Waals surface area contributed by atoms with Gasteiger partial charge in [-0.05, 0) is 50.3 Å². The number of unbranched alkanes of at least 4 members (excludes halogenated alkanes) is 5. The maximum absolute atomic E-state index is 12.5. The fraction of sp³-hybridized carbons (Fsp3) is 0.667. The Bertz CT molecular complexity index is 949. The quantitative estimate of drug-likeness (QED) is 0.0799. The predicted octanol–water partition coefficient (Wildman–Crippen LogP) is 6.32. The van der Waals surface area contributed by atoms with Gasteiger partial charge in [-0.3, -0.25) is 14.9 Å². The molecule has 0 amide bonds. The van der Waals surface area contributed by atoms with Crippen LogP contribution in [-0.4, -0.2) is 47.5 Å². The average molecular weight is 566 g/mol. The van der Waals surface area contributed by atoms with Gasteiger partial charge >= 0.3 is 24.1 Å². The standard InChI is InChI=1S/C30H47NO9/c1-6-10-13-15-26(32)38-24-18-17-23(20-25(24)39-27(33)16-14-11-7-2)21-30(28(34)35,31-22(5)9-4)40-29(36)37-19-12-8-3/h17-18,20,22,31H,6-16,19,21H2,1-5H3,(H,34,35)/t22?,30-/m0/s1. The summed E-state index contributed by atoms with van der Waals surface area (Å²) in [7, 11) is 0. The van der Waals surface area contributed by atoms with Crippen molar-refractivity contribution in [3.63, 3.8) is 0 Å². The zero-order valence-corrected chi connectivity index (χ0v) is 24.7. The highest BCUT2D eigenvalue weighted by Gasteiger charge is 2.44. The highest BCUT2D eigenvalue weighted by molar-refractivity contribution is 5.81. The second-order valence-corrected chi connectivity index (χ2v) is 9.96. The molecule has 0 spiro atoms. The van der Waals surface area contributed by atoms with Gasteiger partial charge in [-0.15, -0.1) is 0 Å². The Morgan fingerprint density at radius 2 is 1.43 bits per heavy atom. The van der Waals surface area contributed by atoms with Crippen molar-refractivity contribution in [3.05, 3.63) is 23.8 Å². The summed E-state index contributed by atoms with van der Waals surface area (Å²) in [6.45, 7) is 9.72. The molecule has 10 nitrogen and oxygen atoms in total. The summed E-state index contributed by atoms with van der Waals surface area (Å²) < 4.78 is 21.5. The number of ether oxygens (including phenoxy) is 4. The van der Waals surface area contributed by atoms with Gasteiger partial charge in [0.2, 0.25) is 0 Å². The van der Waals surface area contributed by atoms with E-state index < -0.39 is 29.8 Å². The van der Waals surface area contributed by atoms with Gasteiger partial charge in [0.05, 0.1) is 6.61 Å². The molecule has 0 saturated carbocycles. The van der Waals surface area contributed by atoms with Gasteiger partial charge in [-0.2, -0.15) is 0 Å². The van der Waals surface area contributed by atoms with E-state index in [9.17, 15) is 24.3 Å². The molecule has 1 aromatic carbocycles. The van der Waals surface area contributed by atoms with Gasteiger partial charge < -0.3 is 24.1 Å². The Hall–Kier alpha value is -3.14. The number of rotatable bonds is 20. The molecule has 0 aromatic heterocycles. The molecule has 1 unspecified atom stereocenters. The van der Waals surface area contributed by atoms with E-state index >= 15 is 0 Å². The number of hydrogen-bond donors (Lipinski definition) is 2. The Morgan fingerprint density at radius 3 is 1.95 bits per heavy atom. The molecule has 2 N–H and O–H groups in total. The van der Waals surface area contributed by atoms with E-state index in [0.717, 1.165) is 32.1 Å². The largest absolute Gasteiger partial charge is 0.510 e. The minimum Gasteiger partial charge on any atom is -0.477 e. The monoisotopic (exact) mass is 565 g/mol. The minimum absolute atomic E-state index is 0.00353. The van der Waals surface area contributed by atoms with Crippen molar-refractivity contribution in [1.82, 2.24) is 5.32 Å². The average Bonchev–Trinajstić information content (AvgIpc) is 2.90. The van der Waals surface area contributed by atoms with Gasteiger partial charge in [0.25, 0.3) is 5.72 Å². The summed E-state index contributed by atoms with van der Waals surface area (Å²) in [4.78, 5) is 49.9. The lowest BCUT2D eigenvalue weighted by Gasteiger charge is -2.32. The summed E-state index contributed by atoms with van der Waals surface area (Å²) in [5.41, 5.74) is -1.78. The fourth-order valence-corrected chi connectivity index (χ4v) is 3.77. The summed E-state index contributed by atoms with van der Waals surface area (Å²) in [5, 5.41) is 13.1. The minimum atomic E-state index is -2.15. The van der Waals surface area contributed by atoms with Crippen molar-refractivity contribution in [2.45, 2.75) is 123 Å². The van der Waals surface area contributed by atoms with Gasteiger partial charge in [-0.25, -0.2) is 9.59 Å². The summed E-state index contributed by atoms with van der Waals surface area (Å²) in [5.74, 6) is -2.31. The fourth-order valence-electron chi connectivity index (χ4n) is 3.77. The smallest absolute Gasteiger partial charge is 0.477 e. The van der Waals surface area contributed by atoms with E-state index in [0.29, 0.717) is 31.2 Å². The third-order valence-corrected chi connectivity index (χ3v) is 6.29. The lowest BCUT2D eigenvalue weighted by Crippen LogP contribution is -2.59. The van der Waals surface area contributed by atoms with E-state index in [4.69, 9.17) is 18.9 Å². The van der Waals surface area contributed by atoms with Crippen molar-refractivity contribution in [3.8, 4) is 11.5 Å². The molecule has 0 saturated heterocycles. The Balaban J connectivity index is 3.33. The number of esters is 2. The molecule has 0 aliphatic rings. The molecule has 0 aliphatic carbocycles. The predicted molar refractivity (Wildman–Crippen MR) is 150 cm³/mol. The number of benzene rings is 1. The first-order valence-electron chi connectivity index (χ1n) is 14.5. The maximum Gasteiger partial charge on any atom is 0.510 e. The molecule has 0 fully saturated rings. The van der Waals surface area contributed by atoms with Crippen LogP contribution in [0, 0.1) is 0 Å². The van der Waals surface area contributed by atoms with Crippen LogP contribution in [0.3, 0.4) is 0 Å². The first-order chi connectivity index (χ1) is 19.1. The molecule has 1 aromatic rings. The molecule has 40 heavy (non-hydrogen) atoms. The summed E-state index contributed by atoms with van der Waals surface area (Å²) in [6, 6.07) is 4.12. The molecule has 0 heterocycles. The molecule has 2 atom stereocenters. The zero-order valence-electron chi connectivity index (χ0n) is 24.7. The Labute approximate surface area is 238 Å². The van der Waals surface area contributed by atoms with Crippen molar-refractivity contribution in [2.75, 3.05) is 6.61 Å². The Kier molecular flexibility index (Phi) is 16.6. The normalized spacial score (nSPS) is 13.1. The number of carboxylic acid groups (broad SMARTS) is 1. The number of carbonyl (C=O) groups excluding carboxylic acids is 3. The van der Waals surface area contributed by atoms with Crippen LogP contribution in [0.15, 0.2) is 18.2 Å². The van der Waals surface area contributed by atoms with Crippen LogP contribution < -0.4 is 14.8 Å².